The third-order valence-corrected chi connectivity index (χ3v) is 5.28. The second kappa shape index (κ2) is 6.50. The van der Waals surface area contributed by atoms with E-state index in [9.17, 15) is 4.79 Å². The van der Waals surface area contributed by atoms with Crippen molar-refractivity contribution in [1.29, 1.82) is 0 Å². The molecule has 4 aromatic rings. The van der Waals surface area contributed by atoms with Crippen LogP contribution in [0.15, 0.2) is 35.5 Å². The zero-order valence-corrected chi connectivity index (χ0v) is 16.5. The molecule has 1 aliphatic heterocycles. The number of fused-ring (bicyclic) bond motifs is 1. The predicted molar refractivity (Wildman–Crippen MR) is 107 cm³/mol. The number of anilines is 1. The van der Waals surface area contributed by atoms with Gasteiger partial charge in [-0.05, 0) is 26.0 Å². The molecule has 0 aliphatic carbocycles. The van der Waals surface area contributed by atoms with Gasteiger partial charge in [-0.3, -0.25) is 9.48 Å². The van der Waals surface area contributed by atoms with Crippen molar-refractivity contribution in [3.05, 3.63) is 52.5 Å². The van der Waals surface area contributed by atoms with Crippen LogP contribution in [0, 0.1) is 19.8 Å². The summed E-state index contributed by atoms with van der Waals surface area (Å²) < 4.78 is 5.04. The van der Waals surface area contributed by atoms with Gasteiger partial charge in [0.25, 0.3) is 5.56 Å². The molecular formula is C19H21N9O. The van der Waals surface area contributed by atoms with Gasteiger partial charge in [-0.25, -0.2) is 19.3 Å². The van der Waals surface area contributed by atoms with Crippen molar-refractivity contribution in [1.82, 2.24) is 39.3 Å². The van der Waals surface area contributed by atoms with Crippen molar-refractivity contribution < 1.29 is 0 Å². The molecule has 0 unspecified atom stereocenters. The van der Waals surface area contributed by atoms with E-state index in [0.717, 1.165) is 41.3 Å². The lowest BCUT2D eigenvalue weighted by Gasteiger charge is -2.40. The molecule has 0 N–H and O–H groups in total. The van der Waals surface area contributed by atoms with Crippen molar-refractivity contribution in [2.24, 2.45) is 13.0 Å². The average molecular weight is 391 g/mol. The minimum Gasteiger partial charge on any atom is -0.355 e. The van der Waals surface area contributed by atoms with Crippen LogP contribution < -0.4 is 10.5 Å². The second-order valence-electron chi connectivity index (χ2n) is 7.52. The van der Waals surface area contributed by atoms with Crippen LogP contribution in [-0.4, -0.2) is 52.4 Å². The van der Waals surface area contributed by atoms with Crippen LogP contribution in [0.5, 0.6) is 0 Å². The molecule has 1 fully saturated rings. The van der Waals surface area contributed by atoms with Gasteiger partial charge in [0.15, 0.2) is 11.5 Å². The topological polar surface area (TPSA) is 99.6 Å². The minimum atomic E-state index is -0.106. The summed E-state index contributed by atoms with van der Waals surface area (Å²) in [4.78, 5) is 23.2. The quantitative estimate of drug-likeness (QED) is 0.509. The summed E-state index contributed by atoms with van der Waals surface area (Å²) in [5, 5.41) is 14.2. The van der Waals surface area contributed by atoms with Crippen molar-refractivity contribution in [3.63, 3.8) is 0 Å². The van der Waals surface area contributed by atoms with E-state index < -0.39 is 0 Å². The van der Waals surface area contributed by atoms with Crippen molar-refractivity contribution in [2.45, 2.75) is 20.4 Å². The van der Waals surface area contributed by atoms with E-state index in [2.05, 4.69) is 30.2 Å². The van der Waals surface area contributed by atoms with Crippen LogP contribution in [0.4, 0.5) is 5.82 Å². The molecule has 0 bridgehead atoms. The van der Waals surface area contributed by atoms with E-state index in [-0.39, 0.29) is 5.56 Å². The van der Waals surface area contributed by atoms with Gasteiger partial charge in [-0.1, -0.05) is 0 Å². The SMILES string of the molecule is Cc1cc(C)n(-c2ccc(=O)n(CC3CN(c4ncnc5c4cnn5C)C3)n2)n1. The molecule has 0 radical (unpaired) electrons. The highest BCUT2D eigenvalue weighted by Gasteiger charge is 2.30. The smallest absolute Gasteiger partial charge is 0.266 e. The molecule has 0 amide bonds. The highest BCUT2D eigenvalue weighted by Crippen LogP contribution is 2.28. The van der Waals surface area contributed by atoms with E-state index >= 15 is 0 Å². The average Bonchev–Trinajstić information content (AvgIpc) is 3.21. The maximum atomic E-state index is 12.3. The number of rotatable bonds is 4. The molecule has 10 heteroatoms. The highest BCUT2D eigenvalue weighted by molar-refractivity contribution is 5.86. The summed E-state index contributed by atoms with van der Waals surface area (Å²) in [6.45, 7) is 6.08. The minimum absolute atomic E-state index is 0.106. The summed E-state index contributed by atoms with van der Waals surface area (Å²) in [5.41, 5.74) is 2.61. The van der Waals surface area contributed by atoms with Gasteiger partial charge in [0.05, 0.1) is 23.8 Å². The van der Waals surface area contributed by atoms with Crippen molar-refractivity contribution in [2.75, 3.05) is 18.0 Å². The Labute approximate surface area is 166 Å². The summed E-state index contributed by atoms with van der Waals surface area (Å²) in [5.74, 6) is 1.85. The number of hydrogen-bond donors (Lipinski definition) is 0. The lowest BCUT2D eigenvalue weighted by molar-refractivity contribution is 0.332. The van der Waals surface area contributed by atoms with E-state index in [0.29, 0.717) is 18.3 Å². The van der Waals surface area contributed by atoms with Crippen LogP contribution in [0.1, 0.15) is 11.4 Å². The van der Waals surface area contributed by atoms with Crippen LogP contribution in [-0.2, 0) is 13.6 Å². The molecular weight excluding hydrogens is 370 g/mol. The zero-order valence-electron chi connectivity index (χ0n) is 16.5. The first-order chi connectivity index (χ1) is 14.0. The standard InChI is InChI=1S/C19H21N9O/c1-12-6-13(2)28(23-12)16-4-5-17(29)27(24-16)10-14-8-26(9-14)19-15-7-22-25(3)18(15)20-11-21-19/h4-7,11,14H,8-10H2,1-3H3. The van der Waals surface area contributed by atoms with Crippen molar-refractivity contribution >= 4 is 16.9 Å². The van der Waals surface area contributed by atoms with Gasteiger partial charge in [-0.15, -0.1) is 5.10 Å². The monoisotopic (exact) mass is 391 g/mol. The number of nitrogens with zero attached hydrogens (tertiary/aromatic N) is 9. The third kappa shape index (κ3) is 2.96. The fraction of sp³-hybridized carbons (Fsp3) is 0.368. The number of aryl methyl sites for hydroxylation is 3. The van der Waals surface area contributed by atoms with Gasteiger partial charge in [0, 0.05) is 37.8 Å². The van der Waals surface area contributed by atoms with Gasteiger partial charge in [0.1, 0.15) is 12.1 Å². The lowest BCUT2D eigenvalue weighted by atomic mass is 10.00. The first kappa shape index (κ1) is 17.5. The predicted octanol–water partition coefficient (Wildman–Crippen LogP) is 0.859. The summed E-state index contributed by atoms with van der Waals surface area (Å²) >= 11 is 0. The molecule has 10 nitrogen and oxygen atoms in total. The van der Waals surface area contributed by atoms with Crippen molar-refractivity contribution in [3.8, 4) is 5.82 Å². The van der Waals surface area contributed by atoms with Crippen LogP contribution in [0.2, 0.25) is 0 Å². The Hall–Kier alpha value is -3.56. The molecule has 148 valence electrons. The summed E-state index contributed by atoms with van der Waals surface area (Å²) in [7, 11) is 1.87. The first-order valence-corrected chi connectivity index (χ1v) is 9.49. The van der Waals surface area contributed by atoms with Crippen LogP contribution in [0.25, 0.3) is 16.9 Å². The largest absolute Gasteiger partial charge is 0.355 e. The van der Waals surface area contributed by atoms with Gasteiger partial charge < -0.3 is 4.90 Å². The molecule has 0 saturated carbocycles. The fourth-order valence-electron chi connectivity index (χ4n) is 3.85. The molecule has 0 atom stereocenters. The van der Waals surface area contributed by atoms with Crippen LogP contribution in [0.3, 0.4) is 0 Å². The fourth-order valence-corrected chi connectivity index (χ4v) is 3.85. The number of aromatic nitrogens is 8. The maximum absolute atomic E-state index is 12.3. The summed E-state index contributed by atoms with van der Waals surface area (Å²) in [6, 6.07) is 5.26. The Balaban J connectivity index is 1.34. The molecule has 5 rings (SSSR count). The number of hydrogen-bond acceptors (Lipinski definition) is 7. The molecule has 0 spiro atoms. The molecule has 1 saturated heterocycles. The molecule has 4 aromatic heterocycles. The Morgan fingerprint density at radius 2 is 1.97 bits per heavy atom. The Morgan fingerprint density at radius 1 is 1.14 bits per heavy atom. The summed E-state index contributed by atoms with van der Waals surface area (Å²) in [6.07, 6.45) is 3.36. The first-order valence-electron chi connectivity index (χ1n) is 9.49. The highest BCUT2D eigenvalue weighted by atomic mass is 16.1. The van der Waals surface area contributed by atoms with E-state index in [4.69, 9.17) is 0 Å². The molecule has 29 heavy (non-hydrogen) atoms. The maximum Gasteiger partial charge on any atom is 0.266 e. The lowest BCUT2D eigenvalue weighted by Crippen LogP contribution is -2.50. The van der Waals surface area contributed by atoms with Crippen LogP contribution >= 0.6 is 0 Å². The normalized spacial score (nSPS) is 14.5. The Kier molecular flexibility index (Phi) is 3.93. The second-order valence-corrected chi connectivity index (χ2v) is 7.52. The zero-order chi connectivity index (χ0) is 20.1. The van der Waals surface area contributed by atoms with Gasteiger partial charge in [0.2, 0.25) is 0 Å². The van der Waals surface area contributed by atoms with Gasteiger partial charge in [-0.2, -0.15) is 10.2 Å². The van der Waals surface area contributed by atoms with E-state index in [1.807, 2.05) is 27.0 Å². The molecule has 1 aliphatic rings. The molecule has 0 aromatic carbocycles. The Bertz CT molecular complexity index is 1260. The Morgan fingerprint density at radius 3 is 2.72 bits per heavy atom. The van der Waals surface area contributed by atoms with Gasteiger partial charge >= 0.3 is 0 Å². The molecule has 5 heterocycles. The van der Waals surface area contributed by atoms with E-state index in [1.54, 1.807) is 34.0 Å². The third-order valence-electron chi connectivity index (χ3n) is 5.28. The van der Waals surface area contributed by atoms with E-state index in [1.165, 1.54) is 4.68 Å².